The predicted octanol–water partition coefficient (Wildman–Crippen LogP) is 0.964. The van der Waals surface area contributed by atoms with E-state index in [0.29, 0.717) is 11.7 Å². The molecule has 1 aromatic heterocycles. The van der Waals surface area contributed by atoms with Crippen LogP contribution in [-0.2, 0) is 18.3 Å². The first-order chi connectivity index (χ1) is 8.56. The second-order valence-electron chi connectivity index (χ2n) is 4.84. The molecule has 0 bridgehead atoms. The third-order valence-electron chi connectivity index (χ3n) is 3.66. The van der Waals surface area contributed by atoms with Gasteiger partial charge in [-0.3, -0.25) is 9.58 Å². The Labute approximate surface area is 112 Å². The molecule has 1 aromatic rings. The van der Waals surface area contributed by atoms with Gasteiger partial charge < -0.3 is 9.84 Å². The Morgan fingerprint density at radius 3 is 2.78 bits per heavy atom. The first-order valence-electron chi connectivity index (χ1n) is 6.12. The molecule has 0 radical (unpaired) electrons. The molecule has 2 rings (SSSR count). The van der Waals surface area contributed by atoms with Crippen LogP contribution in [0.25, 0.3) is 0 Å². The molecular formula is C12H20ClN3O2. The molecule has 6 heteroatoms. The number of rotatable bonds is 4. The van der Waals surface area contributed by atoms with Crippen molar-refractivity contribution in [2.75, 3.05) is 20.3 Å². The fourth-order valence-electron chi connectivity index (χ4n) is 2.55. The first kappa shape index (κ1) is 13.8. The Hall–Kier alpha value is -0.620. The molecule has 0 unspecified atom stereocenters. The second kappa shape index (κ2) is 5.57. The van der Waals surface area contributed by atoms with Crippen LogP contribution in [0.2, 0.25) is 5.15 Å². The minimum Gasteiger partial charge on any atom is -0.395 e. The van der Waals surface area contributed by atoms with Gasteiger partial charge in [-0.2, -0.15) is 5.10 Å². The van der Waals surface area contributed by atoms with Gasteiger partial charge in [-0.25, -0.2) is 0 Å². The van der Waals surface area contributed by atoms with Gasteiger partial charge in [-0.05, 0) is 13.3 Å². The number of hydrogen-bond donors (Lipinski definition) is 1. The minimum atomic E-state index is 0.144. The molecule has 0 saturated carbocycles. The van der Waals surface area contributed by atoms with E-state index in [1.54, 1.807) is 11.8 Å². The Bertz CT molecular complexity index is 422. The molecule has 0 amide bonds. The molecule has 1 N–H and O–H groups in total. The van der Waals surface area contributed by atoms with Gasteiger partial charge >= 0.3 is 0 Å². The Morgan fingerprint density at radius 1 is 1.56 bits per heavy atom. The summed E-state index contributed by atoms with van der Waals surface area (Å²) in [6, 6.07) is 0.144. The Kier molecular flexibility index (Phi) is 4.27. The zero-order chi connectivity index (χ0) is 13.3. The lowest BCUT2D eigenvalue weighted by atomic mass is 10.2. The summed E-state index contributed by atoms with van der Waals surface area (Å²) in [5, 5.41) is 14.4. The monoisotopic (exact) mass is 273 g/mol. The molecule has 2 heterocycles. The van der Waals surface area contributed by atoms with Crippen molar-refractivity contribution in [1.29, 1.82) is 0 Å². The summed E-state index contributed by atoms with van der Waals surface area (Å²) in [6.45, 7) is 3.64. The quantitative estimate of drug-likeness (QED) is 0.888. The summed E-state index contributed by atoms with van der Waals surface area (Å²) in [5.41, 5.74) is 1.98. The fraction of sp³-hybridized carbons (Fsp3) is 0.750. The number of aromatic nitrogens is 2. The topological polar surface area (TPSA) is 50.5 Å². The van der Waals surface area contributed by atoms with Gasteiger partial charge in [0.15, 0.2) is 0 Å². The average molecular weight is 274 g/mol. The van der Waals surface area contributed by atoms with Crippen molar-refractivity contribution < 1.29 is 9.84 Å². The maximum Gasteiger partial charge on any atom is 0.131 e. The van der Waals surface area contributed by atoms with Crippen molar-refractivity contribution in [1.82, 2.24) is 14.7 Å². The third kappa shape index (κ3) is 2.54. The summed E-state index contributed by atoms with van der Waals surface area (Å²) in [7, 11) is 3.55. The smallest absolute Gasteiger partial charge is 0.131 e. The standard InChI is InChI=1S/C12H20ClN3O2/c1-8-11(12(13)15(2)14-8)6-16-5-10(18-3)4-9(16)7-17/h9-10,17H,4-7H2,1-3H3/t9-,10-/m0/s1. The van der Waals surface area contributed by atoms with E-state index < -0.39 is 0 Å². The molecule has 2 atom stereocenters. The van der Waals surface area contributed by atoms with Crippen molar-refractivity contribution in [3.63, 3.8) is 0 Å². The van der Waals surface area contributed by atoms with E-state index in [1.807, 2.05) is 14.0 Å². The lowest BCUT2D eigenvalue weighted by Crippen LogP contribution is -2.32. The number of nitrogens with zero attached hydrogens (tertiary/aromatic N) is 3. The van der Waals surface area contributed by atoms with Crippen molar-refractivity contribution in [3.8, 4) is 0 Å². The summed E-state index contributed by atoms with van der Waals surface area (Å²) in [4.78, 5) is 2.21. The van der Waals surface area contributed by atoms with Gasteiger partial charge in [-0.1, -0.05) is 11.6 Å². The van der Waals surface area contributed by atoms with Gasteiger partial charge in [0.2, 0.25) is 0 Å². The zero-order valence-electron chi connectivity index (χ0n) is 11.1. The summed E-state index contributed by atoms with van der Waals surface area (Å²) in [6.07, 6.45) is 1.06. The van der Waals surface area contributed by atoms with E-state index in [9.17, 15) is 5.11 Å². The molecule has 1 fully saturated rings. The summed E-state index contributed by atoms with van der Waals surface area (Å²) >= 11 is 6.23. The van der Waals surface area contributed by atoms with Crippen LogP contribution in [0.4, 0.5) is 0 Å². The second-order valence-corrected chi connectivity index (χ2v) is 5.20. The van der Waals surface area contributed by atoms with E-state index in [4.69, 9.17) is 16.3 Å². The van der Waals surface area contributed by atoms with Crippen LogP contribution in [0.15, 0.2) is 0 Å². The van der Waals surface area contributed by atoms with Crippen LogP contribution in [0.3, 0.4) is 0 Å². The van der Waals surface area contributed by atoms with Crippen LogP contribution >= 0.6 is 11.6 Å². The van der Waals surface area contributed by atoms with Crippen LogP contribution in [0, 0.1) is 6.92 Å². The molecular weight excluding hydrogens is 254 g/mol. The van der Waals surface area contributed by atoms with Crippen LogP contribution in [0.1, 0.15) is 17.7 Å². The minimum absolute atomic E-state index is 0.144. The summed E-state index contributed by atoms with van der Waals surface area (Å²) in [5.74, 6) is 0. The molecule has 102 valence electrons. The Morgan fingerprint density at radius 2 is 2.28 bits per heavy atom. The number of aryl methyl sites for hydroxylation is 2. The highest BCUT2D eigenvalue weighted by molar-refractivity contribution is 6.30. The molecule has 5 nitrogen and oxygen atoms in total. The molecule has 1 aliphatic heterocycles. The fourth-order valence-corrected chi connectivity index (χ4v) is 2.78. The predicted molar refractivity (Wildman–Crippen MR) is 69.7 cm³/mol. The van der Waals surface area contributed by atoms with Crippen molar-refractivity contribution in [2.45, 2.75) is 32.0 Å². The van der Waals surface area contributed by atoms with Gasteiger partial charge in [0, 0.05) is 38.9 Å². The molecule has 1 saturated heterocycles. The Balaban J connectivity index is 2.13. The van der Waals surface area contributed by atoms with Gasteiger partial charge in [-0.15, -0.1) is 0 Å². The normalized spacial score (nSPS) is 24.9. The maximum absolute atomic E-state index is 9.42. The molecule has 0 spiro atoms. The molecule has 1 aliphatic rings. The van der Waals surface area contributed by atoms with Crippen LogP contribution in [-0.4, -0.2) is 52.2 Å². The lowest BCUT2D eigenvalue weighted by Gasteiger charge is -2.22. The SMILES string of the molecule is CO[C@H]1C[C@@H](CO)N(Cc2c(C)nn(C)c2Cl)C1. The van der Waals surface area contributed by atoms with E-state index in [0.717, 1.165) is 24.2 Å². The van der Waals surface area contributed by atoms with Crippen LogP contribution < -0.4 is 0 Å². The highest BCUT2D eigenvalue weighted by atomic mass is 35.5. The lowest BCUT2D eigenvalue weighted by molar-refractivity contribution is 0.107. The molecule has 18 heavy (non-hydrogen) atoms. The van der Waals surface area contributed by atoms with E-state index in [-0.39, 0.29) is 18.8 Å². The van der Waals surface area contributed by atoms with Crippen LogP contribution in [0.5, 0.6) is 0 Å². The number of likely N-dealkylation sites (tertiary alicyclic amines) is 1. The van der Waals surface area contributed by atoms with Crippen molar-refractivity contribution in [2.24, 2.45) is 7.05 Å². The average Bonchev–Trinajstić information content (AvgIpc) is 2.86. The number of hydrogen-bond acceptors (Lipinski definition) is 4. The first-order valence-corrected chi connectivity index (χ1v) is 6.50. The largest absolute Gasteiger partial charge is 0.395 e. The van der Waals surface area contributed by atoms with E-state index in [1.165, 1.54) is 0 Å². The highest BCUT2D eigenvalue weighted by Gasteiger charge is 2.32. The summed E-state index contributed by atoms with van der Waals surface area (Å²) < 4.78 is 7.05. The number of methoxy groups -OCH3 is 1. The molecule has 0 aliphatic carbocycles. The number of aliphatic hydroxyl groups excluding tert-OH is 1. The van der Waals surface area contributed by atoms with Crippen molar-refractivity contribution in [3.05, 3.63) is 16.4 Å². The van der Waals surface area contributed by atoms with Gasteiger partial charge in [0.25, 0.3) is 0 Å². The maximum atomic E-state index is 9.42. The van der Waals surface area contributed by atoms with Gasteiger partial charge in [0.1, 0.15) is 5.15 Å². The number of aliphatic hydroxyl groups is 1. The third-order valence-corrected chi connectivity index (χ3v) is 4.14. The van der Waals surface area contributed by atoms with Crippen molar-refractivity contribution >= 4 is 11.6 Å². The number of ether oxygens (including phenoxy) is 1. The van der Waals surface area contributed by atoms with E-state index in [2.05, 4.69) is 10.00 Å². The van der Waals surface area contributed by atoms with E-state index >= 15 is 0 Å². The molecule has 0 aromatic carbocycles. The van der Waals surface area contributed by atoms with Gasteiger partial charge in [0.05, 0.1) is 18.4 Å². The highest BCUT2D eigenvalue weighted by Crippen LogP contribution is 2.26. The zero-order valence-corrected chi connectivity index (χ0v) is 11.8. The number of halogens is 1.